The third-order valence-electron chi connectivity index (χ3n) is 5.14. The minimum absolute atomic E-state index is 0.108. The highest BCUT2D eigenvalue weighted by molar-refractivity contribution is 6.14. The van der Waals surface area contributed by atoms with Gasteiger partial charge in [-0.2, -0.15) is 0 Å². The van der Waals surface area contributed by atoms with Crippen molar-refractivity contribution in [3.8, 4) is 0 Å². The van der Waals surface area contributed by atoms with Crippen molar-refractivity contribution in [1.82, 2.24) is 4.98 Å². The highest BCUT2D eigenvalue weighted by atomic mass is 16.1. The maximum atomic E-state index is 13.0. The van der Waals surface area contributed by atoms with Gasteiger partial charge in [0.2, 0.25) is 0 Å². The molecule has 28 heavy (non-hydrogen) atoms. The molecule has 3 rings (SSSR count). The number of hydrogen-bond acceptors (Lipinski definition) is 3. The number of aryl methyl sites for hydroxylation is 4. The summed E-state index contributed by atoms with van der Waals surface area (Å²) in [4.78, 5) is 30.5. The van der Waals surface area contributed by atoms with E-state index in [9.17, 15) is 9.59 Å². The van der Waals surface area contributed by atoms with Gasteiger partial charge in [-0.3, -0.25) is 14.6 Å². The Balaban J connectivity index is 1.99. The summed E-state index contributed by atoms with van der Waals surface area (Å²) in [5, 5.41) is 0. The fraction of sp³-hybridized carbons (Fsp3) is 0.240. The van der Waals surface area contributed by atoms with Gasteiger partial charge in [-0.25, -0.2) is 0 Å². The molecule has 0 aliphatic rings. The summed E-state index contributed by atoms with van der Waals surface area (Å²) in [6, 6.07) is 16.9. The van der Waals surface area contributed by atoms with E-state index >= 15 is 0 Å². The Hall–Kier alpha value is -3.07. The van der Waals surface area contributed by atoms with Crippen LogP contribution < -0.4 is 0 Å². The zero-order chi connectivity index (χ0) is 20.3. The van der Waals surface area contributed by atoms with Crippen molar-refractivity contribution in [2.24, 2.45) is 0 Å². The molecule has 0 atom stereocenters. The lowest BCUT2D eigenvalue weighted by atomic mass is 9.95. The summed E-state index contributed by atoms with van der Waals surface area (Å²) in [6.45, 7) is 7.78. The molecule has 2 aromatic carbocycles. The number of ketones is 2. The minimum atomic E-state index is -0.108. The first-order valence-corrected chi connectivity index (χ1v) is 9.70. The van der Waals surface area contributed by atoms with Crippen molar-refractivity contribution in [1.29, 1.82) is 0 Å². The maximum absolute atomic E-state index is 13.0. The first kappa shape index (κ1) is 19.7. The average molecular weight is 371 g/mol. The summed E-state index contributed by atoms with van der Waals surface area (Å²) in [7, 11) is 0. The van der Waals surface area contributed by atoms with Crippen LogP contribution in [0.1, 0.15) is 68.2 Å². The second-order valence-corrected chi connectivity index (χ2v) is 7.01. The van der Waals surface area contributed by atoms with Crippen LogP contribution in [0.4, 0.5) is 0 Å². The van der Waals surface area contributed by atoms with Crippen molar-refractivity contribution in [3.63, 3.8) is 0 Å². The van der Waals surface area contributed by atoms with Gasteiger partial charge in [0.1, 0.15) is 0 Å². The van der Waals surface area contributed by atoms with Gasteiger partial charge in [0, 0.05) is 33.6 Å². The zero-order valence-electron chi connectivity index (χ0n) is 16.9. The van der Waals surface area contributed by atoms with Crippen molar-refractivity contribution in [2.75, 3.05) is 0 Å². The lowest BCUT2D eigenvalue weighted by molar-refractivity contribution is 0.103. The van der Waals surface area contributed by atoms with E-state index in [-0.39, 0.29) is 11.6 Å². The van der Waals surface area contributed by atoms with Crippen LogP contribution in [-0.2, 0) is 12.8 Å². The standard InChI is InChI=1S/C25H25NO2/c1-5-18-7-11-20(12-8-18)24(27)22-15-23(17(4)26-16(22)3)25(28)21-13-9-19(6-2)10-14-21/h7-15H,5-6H2,1-4H3. The van der Waals surface area contributed by atoms with Crippen LogP contribution in [-0.4, -0.2) is 16.6 Å². The summed E-state index contributed by atoms with van der Waals surface area (Å²) in [6.07, 6.45) is 1.85. The molecule has 3 aromatic rings. The van der Waals surface area contributed by atoms with Crippen molar-refractivity contribution in [3.05, 3.63) is 99.4 Å². The Bertz CT molecular complexity index is 935. The molecule has 0 aliphatic heterocycles. The molecule has 0 unspecified atom stereocenters. The van der Waals surface area contributed by atoms with Crippen LogP contribution in [0.2, 0.25) is 0 Å². The van der Waals surface area contributed by atoms with Crippen molar-refractivity contribution < 1.29 is 9.59 Å². The van der Waals surface area contributed by atoms with E-state index in [2.05, 4.69) is 18.8 Å². The predicted molar refractivity (Wildman–Crippen MR) is 112 cm³/mol. The number of carbonyl (C=O) groups excluding carboxylic acids is 2. The van der Waals surface area contributed by atoms with Crippen LogP contribution in [0.5, 0.6) is 0 Å². The van der Waals surface area contributed by atoms with Gasteiger partial charge in [0.15, 0.2) is 11.6 Å². The van der Waals surface area contributed by atoms with Gasteiger partial charge < -0.3 is 0 Å². The van der Waals surface area contributed by atoms with Gasteiger partial charge in [-0.1, -0.05) is 62.4 Å². The molecule has 1 heterocycles. The molecule has 0 saturated heterocycles. The Labute approximate surface area is 166 Å². The molecule has 3 heteroatoms. The fourth-order valence-electron chi connectivity index (χ4n) is 3.28. The van der Waals surface area contributed by atoms with E-state index in [1.807, 2.05) is 62.4 Å². The number of rotatable bonds is 6. The largest absolute Gasteiger partial charge is 0.289 e. The number of carbonyl (C=O) groups is 2. The predicted octanol–water partition coefficient (Wildman–Crippen LogP) is 5.29. The van der Waals surface area contributed by atoms with Gasteiger partial charge >= 0.3 is 0 Å². The minimum Gasteiger partial charge on any atom is -0.289 e. The Morgan fingerprint density at radius 3 is 1.36 bits per heavy atom. The quantitative estimate of drug-likeness (QED) is 0.554. The Morgan fingerprint density at radius 2 is 1.04 bits per heavy atom. The summed E-state index contributed by atoms with van der Waals surface area (Å²) in [5.41, 5.74) is 5.81. The fourth-order valence-corrected chi connectivity index (χ4v) is 3.28. The monoisotopic (exact) mass is 371 g/mol. The molecule has 0 fully saturated rings. The normalized spacial score (nSPS) is 10.7. The molecule has 0 aliphatic carbocycles. The molecular formula is C25H25NO2. The topological polar surface area (TPSA) is 47.0 Å². The maximum Gasteiger partial charge on any atom is 0.194 e. The summed E-state index contributed by atoms with van der Waals surface area (Å²) >= 11 is 0. The van der Waals surface area contributed by atoms with E-state index in [1.165, 1.54) is 11.1 Å². The van der Waals surface area contributed by atoms with Crippen LogP contribution in [0.25, 0.3) is 0 Å². The second kappa shape index (κ2) is 8.30. The van der Waals surface area contributed by atoms with E-state index in [0.717, 1.165) is 12.8 Å². The summed E-state index contributed by atoms with van der Waals surface area (Å²) < 4.78 is 0. The van der Waals surface area contributed by atoms with Crippen molar-refractivity contribution in [2.45, 2.75) is 40.5 Å². The molecule has 0 saturated carbocycles. The molecule has 142 valence electrons. The van der Waals surface area contributed by atoms with Crippen LogP contribution in [0.15, 0.2) is 54.6 Å². The van der Waals surface area contributed by atoms with Crippen LogP contribution in [0, 0.1) is 13.8 Å². The Morgan fingerprint density at radius 1 is 0.679 bits per heavy atom. The van der Waals surface area contributed by atoms with Gasteiger partial charge in [-0.05, 0) is 43.9 Å². The first-order chi connectivity index (χ1) is 13.4. The number of aromatic nitrogens is 1. The lowest BCUT2D eigenvalue weighted by Crippen LogP contribution is -2.12. The molecule has 0 radical (unpaired) electrons. The second-order valence-electron chi connectivity index (χ2n) is 7.01. The van der Waals surface area contributed by atoms with Gasteiger partial charge in [-0.15, -0.1) is 0 Å². The number of benzene rings is 2. The number of nitrogens with zero attached hydrogens (tertiary/aromatic N) is 1. The lowest BCUT2D eigenvalue weighted by Gasteiger charge is -2.11. The third kappa shape index (κ3) is 3.94. The van der Waals surface area contributed by atoms with Crippen LogP contribution >= 0.6 is 0 Å². The first-order valence-electron chi connectivity index (χ1n) is 9.70. The zero-order valence-corrected chi connectivity index (χ0v) is 16.9. The SMILES string of the molecule is CCc1ccc(C(=O)c2cc(C(=O)c3ccc(CC)cc3)c(C)nc2C)cc1. The van der Waals surface area contributed by atoms with E-state index in [0.29, 0.717) is 33.6 Å². The smallest absolute Gasteiger partial charge is 0.194 e. The third-order valence-corrected chi connectivity index (χ3v) is 5.14. The van der Waals surface area contributed by atoms with E-state index in [4.69, 9.17) is 0 Å². The van der Waals surface area contributed by atoms with E-state index < -0.39 is 0 Å². The van der Waals surface area contributed by atoms with E-state index in [1.54, 1.807) is 6.07 Å². The van der Waals surface area contributed by atoms with Gasteiger partial charge in [0.25, 0.3) is 0 Å². The molecule has 0 N–H and O–H groups in total. The average Bonchev–Trinajstić information content (AvgIpc) is 2.73. The van der Waals surface area contributed by atoms with Crippen molar-refractivity contribution >= 4 is 11.6 Å². The Kier molecular flexibility index (Phi) is 5.84. The molecule has 3 nitrogen and oxygen atoms in total. The molecule has 0 amide bonds. The number of pyridine rings is 1. The molecule has 0 bridgehead atoms. The molecule has 1 aromatic heterocycles. The highest BCUT2D eigenvalue weighted by Gasteiger charge is 2.19. The van der Waals surface area contributed by atoms with Crippen LogP contribution in [0.3, 0.4) is 0 Å². The van der Waals surface area contributed by atoms with Gasteiger partial charge in [0.05, 0.1) is 0 Å². The number of hydrogen-bond donors (Lipinski definition) is 0. The highest BCUT2D eigenvalue weighted by Crippen LogP contribution is 2.20. The molecular weight excluding hydrogens is 346 g/mol. The molecule has 0 spiro atoms. The summed E-state index contributed by atoms with van der Waals surface area (Å²) in [5.74, 6) is -0.217.